The highest BCUT2D eigenvalue weighted by Crippen LogP contribution is 2.21. The van der Waals surface area contributed by atoms with E-state index in [9.17, 15) is 5.11 Å². The summed E-state index contributed by atoms with van der Waals surface area (Å²) in [6.45, 7) is 2.98. The molecule has 0 saturated carbocycles. The first-order valence-corrected chi connectivity index (χ1v) is 7.99. The topological polar surface area (TPSA) is 50.1 Å². The zero-order valence-corrected chi connectivity index (χ0v) is 14.0. The molecule has 3 aromatic rings. The van der Waals surface area contributed by atoms with Crippen molar-refractivity contribution in [1.82, 2.24) is 15.1 Å². The predicted molar refractivity (Wildman–Crippen MR) is 93.6 cm³/mol. The van der Waals surface area contributed by atoms with Crippen LogP contribution in [0.3, 0.4) is 0 Å². The van der Waals surface area contributed by atoms with Crippen LogP contribution in [-0.2, 0) is 13.6 Å². The third kappa shape index (κ3) is 3.39. The Morgan fingerprint density at radius 3 is 2.65 bits per heavy atom. The summed E-state index contributed by atoms with van der Waals surface area (Å²) in [5.41, 5.74) is 2.79. The maximum absolute atomic E-state index is 10.4. The lowest BCUT2D eigenvalue weighted by molar-refractivity contribution is 0.174. The summed E-state index contributed by atoms with van der Waals surface area (Å²) in [5, 5.41) is 20.9. The van der Waals surface area contributed by atoms with Gasteiger partial charge in [0.1, 0.15) is 5.15 Å². The highest BCUT2D eigenvalue weighted by Gasteiger charge is 2.12. The van der Waals surface area contributed by atoms with Crippen molar-refractivity contribution in [1.29, 1.82) is 0 Å². The van der Waals surface area contributed by atoms with E-state index in [1.54, 1.807) is 4.68 Å². The molecule has 0 bridgehead atoms. The molecule has 2 N–H and O–H groups in total. The summed E-state index contributed by atoms with van der Waals surface area (Å²) < 4.78 is 1.66. The Morgan fingerprint density at radius 1 is 1.22 bits per heavy atom. The predicted octanol–water partition coefficient (Wildman–Crippen LogP) is 3.36. The molecule has 23 heavy (non-hydrogen) atoms. The molecule has 0 saturated heterocycles. The van der Waals surface area contributed by atoms with Crippen LogP contribution in [-0.4, -0.2) is 21.4 Å². The average molecular weight is 330 g/mol. The van der Waals surface area contributed by atoms with Crippen LogP contribution >= 0.6 is 11.6 Å². The van der Waals surface area contributed by atoms with Crippen molar-refractivity contribution in [3.05, 3.63) is 64.4 Å². The number of nitrogens with one attached hydrogen (secondary N) is 1. The molecular weight excluding hydrogens is 310 g/mol. The van der Waals surface area contributed by atoms with Gasteiger partial charge >= 0.3 is 0 Å². The SMILES string of the molecule is Cc1nn(C)c(Cl)c1CNCC(O)c1ccc2ccccc2c1. The maximum atomic E-state index is 10.4. The fourth-order valence-electron chi connectivity index (χ4n) is 2.74. The van der Waals surface area contributed by atoms with Gasteiger partial charge in [-0.2, -0.15) is 5.10 Å². The standard InChI is InChI=1S/C18H20ClN3O/c1-12-16(18(19)22(2)21-12)10-20-11-17(23)15-8-7-13-5-3-4-6-14(13)9-15/h3-9,17,20,23H,10-11H2,1-2H3. The van der Waals surface area contributed by atoms with Gasteiger partial charge in [0.2, 0.25) is 0 Å². The Balaban J connectivity index is 1.65. The van der Waals surface area contributed by atoms with Crippen LogP contribution in [0.4, 0.5) is 0 Å². The normalized spacial score (nSPS) is 12.7. The largest absolute Gasteiger partial charge is 0.387 e. The van der Waals surface area contributed by atoms with Crippen molar-refractivity contribution in [3.63, 3.8) is 0 Å². The molecule has 2 aromatic carbocycles. The minimum absolute atomic E-state index is 0.461. The van der Waals surface area contributed by atoms with Gasteiger partial charge in [0.15, 0.2) is 0 Å². The van der Waals surface area contributed by atoms with Crippen LogP contribution in [0.25, 0.3) is 10.8 Å². The number of aliphatic hydroxyl groups is 1. The fourth-order valence-corrected chi connectivity index (χ4v) is 2.98. The number of hydrogen-bond acceptors (Lipinski definition) is 3. The molecule has 0 fully saturated rings. The van der Waals surface area contributed by atoms with Crippen molar-refractivity contribution < 1.29 is 5.11 Å². The number of hydrogen-bond donors (Lipinski definition) is 2. The van der Waals surface area contributed by atoms with E-state index in [0.29, 0.717) is 18.2 Å². The van der Waals surface area contributed by atoms with E-state index in [1.807, 2.05) is 44.3 Å². The molecule has 0 radical (unpaired) electrons. The fraction of sp³-hybridized carbons (Fsp3) is 0.278. The average Bonchev–Trinajstić information content (AvgIpc) is 2.80. The van der Waals surface area contributed by atoms with E-state index < -0.39 is 6.10 Å². The summed E-state index contributed by atoms with van der Waals surface area (Å²) in [6.07, 6.45) is -0.560. The minimum Gasteiger partial charge on any atom is -0.387 e. The third-order valence-corrected chi connectivity index (χ3v) is 4.54. The molecule has 0 aliphatic heterocycles. The van der Waals surface area contributed by atoms with Crippen LogP contribution in [0, 0.1) is 6.92 Å². The maximum Gasteiger partial charge on any atom is 0.131 e. The number of aliphatic hydroxyl groups excluding tert-OH is 1. The molecule has 1 aromatic heterocycles. The molecule has 0 spiro atoms. The van der Waals surface area contributed by atoms with Crippen LogP contribution in [0.1, 0.15) is 22.9 Å². The van der Waals surface area contributed by atoms with Crippen molar-refractivity contribution in [3.8, 4) is 0 Å². The highest BCUT2D eigenvalue weighted by molar-refractivity contribution is 6.30. The lowest BCUT2D eigenvalue weighted by atomic mass is 10.0. The summed E-state index contributed by atoms with van der Waals surface area (Å²) in [6, 6.07) is 14.2. The lowest BCUT2D eigenvalue weighted by Gasteiger charge is -2.13. The zero-order chi connectivity index (χ0) is 16.4. The second-order valence-corrected chi connectivity index (χ2v) is 6.09. The highest BCUT2D eigenvalue weighted by atomic mass is 35.5. The van der Waals surface area contributed by atoms with Crippen LogP contribution < -0.4 is 5.32 Å². The van der Waals surface area contributed by atoms with Gasteiger partial charge in [-0.1, -0.05) is 48.0 Å². The number of benzene rings is 2. The van der Waals surface area contributed by atoms with Crippen LogP contribution in [0.15, 0.2) is 42.5 Å². The second kappa shape index (κ2) is 6.71. The molecule has 0 aliphatic carbocycles. The van der Waals surface area contributed by atoms with Gasteiger partial charge in [0.25, 0.3) is 0 Å². The number of aryl methyl sites for hydroxylation is 2. The summed E-state index contributed by atoms with van der Waals surface area (Å²) in [5.74, 6) is 0. The Kier molecular flexibility index (Phi) is 4.66. The molecule has 1 atom stereocenters. The van der Waals surface area contributed by atoms with Gasteiger partial charge in [0, 0.05) is 25.7 Å². The van der Waals surface area contributed by atoms with Gasteiger partial charge in [-0.3, -0.25) is 4.68 Å². The minimum atomic E-state index is -0.560. The lowest BCUT2D eigenvalue weighted by Crippen LogP contribution is -2.21. The first kappa shape index (κ1) is 16.0. The number of nitrogens with zero attached hydrogens (tertiary/aromatic N) is 2. The van der Waals surface area contributed by atoms with E-state index in [0.717, 1.165) is 22.2 Å². The molecule has 0 aliphatic rings. The quantitative estimate of drug-likeness (QED) is 0.754. The smallest absolute Gasteiger partial charge is 0.131 e. The first-order valence-electron chi connectivity index (χ1n) is 7.61. The first-order chi connectivity index (χ1) is 11.1. The van der Waals surface area contributed by atoms with Crippen molar-refractivity contribution in [2.45, 2.75) is 19.6 Å². The van der Waals surface area contributed by atoms with Gasteiger partial charge < -0.3 is 10.4 Å². The van der Waals surface area contributed by atoms with Crippen molar-refractivity contribution in [2.75, 3.05) is 6.54 Å². The van der Waals surface area contributed by atoms with Crippen molar-refractivity contribution >= 4 is 22.4 Å². The third-order valence-electron chi connectivity index (χ3n) is 4.07. The van der Waals surface area contributed by atoms with E-state index >= 15 is 0 Å². The van der Waals surface area contributed by atoms with E-state index in [4.69, 9.17) is 11.6 Å². The van der Waals surface area contributed by atoms with E-state index in [1.165, 1.54) is 5.39 Å². The zero-order valence-electron chi connectivity index (χ0n) is 13.3. The molecule has 0 amide bonds. The Labute approximate surface area is 140 Å². The Hall–Kier alpha value is -1.88. The van der Waals surface area contributed by atoms with Crippen LogP contribution in [0.2, 0.25) is 5.15 Å². The van der Waals surface area contributed by atoms with Gasteiger partial charge in [-0.15, -0.1) is 0 Å². The number of halogens is 1. The van der Waals surface area contributed by atoms with Crippen LogP contribution in [0.5, 0.6) is 0 Å². The summed E-state index contributed by atoms with van der Waals surface area (Å²) in [7, 11) is 1.82. The van der Waals surface area contributed by atoms with E-state index in [-0.39, 0.29) is 0 Å². The Morgan fingerprint density at radius 2 is 1.96 bits per heavy atom. The molecule has 4 nitrogen and oxygen atoms in total. The van der Waals surface area contributed by atoms with E-state index in [2.05, 4.69) is 22.5 Å². The molecular formula is C18H20ClN3O. The molecule has 120 valence electrons. The molecule has 3 rings (SSSR count). The summed E-state index contributed by atoms with van der Waals surface area (Å²) in [4.78, 5) is 0. The summed E-state index contributed by atoms with van der Waals surface area (Å²) >= 11 is 6.21. The van der Waals surface area contributed by atoms with Gasteiger partial charge in [-0.05, 0) is 29.3 Å². The Bertz CT molecular complexity index is 828. The molecule has 1 unspecified atom stereocenters. The van der Waals surface area contributed by atoms with Gasteiger partial charge in [-0.25, -0.2) is 0 Å². The number of aromatic nitrogens is 2. The number of rotatable bonds is 5. The van der Waals surface area contributed by atoms with Gasteiger partial charge in [0.05, 0.1) is 11.8 Å². The molecule has 5 heteroatoms. The van der Waals surface area contributed by atoms with Crippen molar-refractivity contribution in [2.24, 2.45) is 7.05 Å². The monoisotopic (exact) mass is 329 g/mol. The second-order valence-electron chi connectivity index (χ2n) is 5.73. The molecule has 1 heterocycles. The number of fused-ring (bicyclic) bond motifs is 1.